The summed E-state index contributed by atoms with van der Waals surface area (Å²) in [5.41, 5.74) is 2.55. The van der Waals surface area contributed by atoms with Gasteiger partial charge in [-0.3, -0.25) is 0 Å². The van der Waals surface area contributed by atoms with Gasteiger partial charge in [0.2, 0.25) is 0 Å². The number of aliphatic hydroxyl groups is 1. The molecule has 1 N–H and O–H groups in total. The molecule has 0 saturated carbocycles. The van der Waals surface area contributed by atoms with E-state index < -0.39 is 5.97 Å². The van der Waals surface area contributed by atoms with Crippen molar-refractivity contribution in [3.8, 4) is 0 Å². The van der Waals surface area contributed by atoms with Crippen LogP contribution in [-0.2, 0) is 11.3 Å². The summed E-state index contributed by atoms with van der Waals surface area (Å²) in [6.07, 6.45) is 0. The van der Waals surface area contributed by atoms with Gasteiger partial charge in [0.05, 0.1) is 24.4 Å². The van der Waals surface area contributed by atoms with Gasteiger partial charge >= 0.3 is 5.97 Å². The van der Waals surface area contributed by atoms with E-state index in [1.165, 1.54) is 0 Å². The van der Waals surface area contributed by atoms with Crippen LogP contribution in [-0.4, -0.2) is 41.0 Å². The third-order valence-corrected chi connectivity index (χ3v) is 4.01. The zero-order valence-electron chi connectivity index (χ0n) is 14.6. The fourth-order valence-electron chi connectivity index (χ4n) is 2.89. The van der Waals surface area contributed by atoms with Gasteiger partial charge in [-0.2, -0.15) is 0 Å². The quantitative estimate of drug-likeness (QED) is 0.660. The normalized spacial score (nSPS) is 10.7. The van der Waals surface area contributed by atoms with Crippen molar-refractivity contribution in [3.63, 3.8) is 0 Å². The van der Waals surface area contributed by atoms with Gasteiger partial charge in [0.25, 0.3) is 0 Å². The van der Waals surface area contributed by atoms with Crippen LogP contribution >= 0.6 is 0 Å². The molecule has 0 aliphatic heterocycles. The second-order valence-corrected chi connectivity index (χ2v) is 5.77. The predicted molar refractivity (Wildman–Crippen MR) is 100 cm³/mol. The Bertz CT molecular complexity index is 884. The Morgan fingerprint density at radius 2 is 1.81 bits per heavy atom. The van der Waals surface area contributed by atoms with Crippen molar-refractivity contribution in [2.45, 2.75) is 13.5 Å². The van der Waals surface area contributed by atoms with Crippen LogP contribution in [0, 0.1) is 0 Å². The molecule has 0 atom stereocenters. The maximum atomic E-state index is 12.5. The van der Waals surface area contributed by atoms with Gasteiger partial charge in [-0.25, -0.2) is 4.79 Å². The zero-order valence-corrected chi connectivity index (χ0v) is 14.6. The number of carbonyl (C=O) groups excluding carboxylic acids is 1. The Kier molecular flexibility index (Phi) is 5.76. The number of aromatic nitrogens is 2. The Morgan fingerprint density at radius 3 is 2.54 bits per heavy atom. The molecule has 0 aliphatic carbocycles. The van der Waals surface area contributed by atoms with E-state index in [2.05, 4.69) is 10.2 Å². The smallest absolute Gasteiger partial charge is 0.361 e. The molecule has 0 aliphatic rings. The molecule has 6 heteroatoms. The summed E-state index contributed by atoms with van der Waals surface area (Å²) in [5, 5.41) is 18.7. The number of hydrogen-bond acceptors (Lipinski definition) is 6. The van der Waals surface area contributed by atoms with Gasteiger partial charge in [0.15, 0.2) is 5.69 Å². The van der Waals surface area contributed by atoms with Gasteiger partial charge < -0.3 is 14.7 Å². The topological polar surface area (TPSA) is 75.5 Å². The lowest BCUT2D eigenvalue weighted by Gasteiger charge is -2.26. The largest absolute Gasteiger partial charge is 0.461 e. The maximum Gasteiger partial charge on any atom is 0.361 e. The van der Waals surface area contributed by atoms with Crippen LogP contribution in [0.15, 0.2) is 54.6 Å². The highest BCUT2D eigenvalue weighted by Crippen LogP contribution is 2.30. The summed E-state index contributed by atoms with van der Waals surface area (Å²) in [6, 6.07) is 17.4. The number of carbonyl (C=O) groups is 1. The number of fused-ring (bicyclic) bond motifs is 1. The van der Waals surface area contributed by atoms with Crippen LogP contribution in [0.25, 0.3) is 10.9 Å². The van der Waals surface area contributed by atoms with E-state index in [0.29, 0.717) is 24.3 Å². The molecule has 0 saturated heterocycles. The molecule has 0 unspecified atom stereocenters. The van der Waals surface area contributed by atoms with Crippen molar-refractivity contribution in [1.82, 2.24) is 10.2 Å². The second kappa shape index (κ2) is 8.40. The van der Waals surface area contributed by atoms with E-state index in [1.54, 1.807) is 6.92 Å². The fraction of sp³-hybridized carbons (Fsp3) is 0.250. The first-order chi connectivity index (χ1) is 12.7. The van der Waals surface area contributed by atoms with Gasteiger partial charge in [0.1, 0.15) is 0 Å². The number of nitrogens with zero attached hydrogens (tertiary/aromatic N) is 3. The molecule has 1 aromatic heterocycles. The first-order valence-corrected chi connectivity index (χ1v) is 8.57. The highest BCUT2D eigenvalue weighted by Gasteiger charge is 2.23. The molecule has 2 aromatic carbocycles. The number of benzene rings is 2. The minimum absolute atomic E-state index is 0.0499. The summed E-state index contributed by atoms with van der Waals surface area (Å²) < 4.78 is 5.17. The van der Waals surface area contributed by atoms with Crippen LogP contribution in [0.5, 0.6) is 0 Å². The molecule has 3 rings (SSSR count). The molecule has 0 fully saturated rings. The molecule has 134 valence electrons. The average Bonchev–Trinajstić information content (AvgIpc) is 2.68. The first kappa shape index (κ1) is 17.8. The van der Waals surface area contributed by atoms with Crippen molar-refractivity contribution in [3.05, 3.63) is 65.9 Å². The number of hydrogen-bond donors (Lipinski definition) is 1. The van der Waals surface area contributed by atoms with Crippen LogP contribution in [0.3, 0.4) is 0 Å². The number of rotatable bonds is 7. The Morgan fingerprint density at radius 1 is 1.08 bits per heavy atom. The molecular formula is C20H21N3O3. The molecule has 1 heterocycles. The molecule has 26 heavy (non-hydrogen) atoms. The minimum atomic E-state index is -0.517. The van der Waals surface area contributed by atoms with E-state index in [4.69, 9.17) is 4.74 Å². The molecule has 0 bridgehead atoms. The highest BCUT2D eigenvalue weighted by atomic mass is 16.5. The Labute approximate surface area is 152 Å². The SMILES string of the molecule is CCOC(=O)c1nnc2ccccc2c1N(CCO)Cc1ccccc1. The van der Waals surface area contributed by atoms with Crippen molar-refractivity contribution in [1.29, 1.82) is 0 Å². The summed E-state index contributed by atoms with van der Waals surface area (Å²) in [6.45, 7) is 2.85. The lowest BCUT2D eigenvalue weighted by molar-refractivity contribution is 0.0519. The molecule has 0 radical (unpaired) electrons. The average molecular weight is 351 g/mol. The third kappa shape index (κ3) is 3.81. The molecule has 3 aromatic rings. The fourth-order valence-corrected chi connectivity index (χ4v) is 2.89. The lowest BCUT2D eigenvalue weighted by atomic mass is 10.1. The van der Waals surface area contributed by atoms with Crippen molar-refractivity contribution in [2.24, 2.45) is 0 Å². The van der Waals surface area contributed by atoms with E-state index in [1.807, 2.05) is 59.5 Å². The zero-order chi connectivity index (χ0) is 18.4. The van der Waals surface area contributed by atoms with Crippen molar-refractivity contribution in [2.75, 3.05) is 24.7 Å². The first-order valence-electron chi connectivity index (χ1n) is 8.57. The van der Waals surface area contributed by atoms with E-state index >= 15 is 0 Å². The number of anilines is 1. The van der Waals surface area contributed by atoms with Crippen molar-refractivity contribution >= 4 is 22.6 Å². The lowest BCUT2D eigenvalue weighted by Crippen LogP contribution is -2.29. The summed E-state index contributed by atoms with van der Waals surface area (Å²) in [5.74, 6) is -0.517. The van der Waals surface area contributed by atoms with Gasteiger partial charge in [-0.15, -0.1) is 10.2 Å². The molecule has 6 nitrogen and oxygen atoms in total. The standard InChI is InChI=1S/C20H21N3O3/c1-2-26-20(25)18-19(16-10-6-7-11-17(16)21-22-18)23(12-13-24)14-15-8-4-3-5-9-15/h3-11,24H,2,12-14H2,1H3. The molecular weight excluding hydrogens is 330 g/mol. The van der Waals surface area contributed by atoms with E-state index in [0.717, 1.165) is 10.9 Å². The van der Waals surface area contributed by atoms with Gasteiger partial charge in [0, 0.05) is 18.5 Å². The van der Waals surface area contributed by atoms with E-state index in [-0.39, 0.29) is 18.9 Å². The maximum absolute atomic E-state index is 12.5. The van der Waals surface area contributed by atoms with Crippen LogP contribution in [0.4, 0.5) is 5.69 Å². The van der Waals surface area contributed by atoms with Crippen LogP contribution < -0.4 is 4.90 Å². The Balaban J connectivity index is 2.13. The van der Waals surface area contributed by atoms with Crippen LogP contribution in [0.1, 0.15) is 23.0 Å². The monoisotopic (exact) mass is 351 g/mol. The molecule has 0 spiro atoms. The summed E-state index contributed by atoms with van der Waals surface area (Å²) >= 11 is 0. The minimum Gasteiger partial charge on any atom is -0.461 e. The number of esters is 1. The highest BCUT2D eigenvalue weighted by molar-refractivity contribution is 6.03. The second-order valence-electron chi connectivity index (χ2n) is 5.77. The summed E-state index contributed by atoms with van der Waals surface area (Å²) in [4.78, 5) is 14.4. The molecule has 0 amide bonds. The Hall–Kier alpha value is -2.99. The van der Waals surface area contributed by atoms with Gasteiger partial charge in [-0.05, 0) is 18.6 Å². The van der Waals surface area contributed by atoms with E-state index in [9.17, 15) is 9.90 Å². The van der Waals surface area contributed by atoms with Crippen molar-refractivity contribution < 1.29 is 14.6 Å². The summed E-state index contributed by atoms with van der Waals surface area (Å²) in [7, 11) is 0. The predicted octanol–water partition coefficient (Wildman–Crippen LogP) is 2.81. The number of ether oxygens (including phenoxy) is 1. The third-order valence-electron chi connectivity index (χ3n) is 4.01. The number of aliphatic hydroxyl groups excluding tert-OH is 1. The van der Waals surface area contributed by atoms with Gasteiger partial charge in [-0.1, -0.05) is 48.5 Å². The van der Waals surface area contributed by atoms with Crippen LogP contribution in [0.2, 0.25) is 0 Å².